The van der Waals surface area contributed by atoms with Gasteiger partial charge in [0.2, 0.25) is 6.10 Å². The van der Waals surface area contributed by atoms with E-state index >= 15 is 0 Å². The van der Waals surface area contributed by atoms with Crippen molar-refractivity contribution in [1.29, 1.82) is 0 Å². The molecule has 8 heteroatoms. The molecule has 1 atom stereocenters. The van der Waals surface area contributed by atoms with Crippen LogP contribution in [0.25, 0.3) is 0 Å². The minimum absolute atomic E-state index is 0.148. The minimum atomic E-state index is -0.718. The van der Waals surface area contributed by atoms with Crippen LogP contribution < -0.4 is 14.8 Å². The Morgan fingerprint density at radius 3 is 2.96 bits per heavy atom. The van der Waals surface area contributed by atoms with E-state index < -0.39 is 12.1 Å². The van der Waals surface area contributed by atoms with Crippen LogP contribution in [0.15, 0.2) is 29.6 Å². The smallest absolute Gasteiger partial charge is 0.357 e. The number of thiazole rings is 1. The first-order valence-corrected chi connectivity index (χ1v) is 8.33. The van der Waals surface area contributed by atoms with E-state index in [0.29, 0.717) is 23.1 Å². The Morgan fingerprint density at radius 1 is 1.38 bits per heavy atom. The summed E-state index contributed by atoms with van der Waals surface area (Å²) < 4.78 is 16.0. The molecule has 2 aromatic rings. The summed E-state index contributed by atoms with van der Waals surface area (Å²) in [6.07, 6.45) is -0.718. The normalized spacial score (nSPS) is 15.6. The SMILES string of the molecule is CCOC(=O)c1csc(CNC(=O)[C@@H]2COc3ccccc3O2)n1. The van der Waals surface area contributed by atoms with Gasteiger partial charge in [0.05, 0.1) is 13.2 Å². The maximum atomic E-state index is 12.2. The number of ether oxygens (including phenoxy) is 3. The predicted octanol–water partition coefficient (Wildman–Crippen LogP) is 1.78. The van der Waals surface area contributed by atoms with Gasteiger partial charge in [0.25, 0.3) is 5.91 Å². The number of hydrogen-bond donors (Lipinski definition) is 1. The molecular formula is C16H16N2O5S. The molecule has 24 heavy (non-hydrogen) atoms. The molecule has 0 aliphatic carbocycles. The Kier molecular flexibility index (Phi) is 4.95. The molecule has 0 fully saturated rings. The number of fused-ring (bicyclic) bond motifs is 1. The maximum Gasteiger partial charge on any atom is 0.357 e. The van der Waals surface area contributed by atoms with E-state index in [4.69, 9.17) is 14.2 Å². The number of hydrogen-bond acceptors (Lipinski definition) is 7. The first-order chi connectivity index (χ1) is 11.7. The summed E-state index contributed by atoms with van der Waals surface area (Å²) in [5.74, 6) is 0.410. The molecule has 2 heterocycles. The quantitative estimate of drug-likeness (QED) is 0.829. The molecule has 0 spiro atoms. The van der Waals surface area contributed by atoms with Gasteiger partial charge in [-0.2, -0.15) is 0 Å². The summed E-state index contributed by atoms with van der Waals surface area (Å²) in [6, 6.07) is 7.19. The molecule has 0 bridgehead atoms. The second kappa shape index (κ2) is 7.31. The van der Waals surface area contributed by atoms with Crippen molar-refractivity contribution < 1.29 is 23.8 Å². The molecule has 1 aromatic carbocycles. The molecule has 1 aliphatic heterocycles. The van der Waals surface area contributed by atoms with Crippen LogP contribution in [0.5, 0.6) is 11.5 Å². The van der Waals surface area contributed by atoms with Crippen molar-refractivity contribution >= 4 is 23.2 Å². The molecular weight excluding hydrogens is 332 g/mol. The number of carbonyl (C=O) groups is 2. The van der Waals surface area contributed by atoms with Crippen molar-refractivity contribution in [2.24, 2.45) is 0 Å². The predicted molar refractivity (Wildman–Crippen MR) is 86.3 cm³/mol. The molecule has 7 nitrogen and oxygen atoms in total. The molecule has 1 N–H and O–H groups in total. The lowest BCUT2D eigenvalue weighted by atomic mass is 10.2. The minimum Gasteiger partial charge on any atom is -0.485 e. The van der Waals surface area contributed by atoms with Crippen LogP contribution in [0.2, 0.25) is 0 Å². The first-order valence-electron chi connectivity index (χ1n) is 7.45. The zero-order valence-corrected chi connectivity index (χ0v) is 13.8. The van der Waals surface area contributed by atoms with Crippen LogP contribution in [0.1, 0.15) is 22.4 Å². The van der Waals surface area contributed by atoms with Gasteiger partial charge in [0, 0.05) is 5.38 Å². The van der Waals surface area contributed by atoms with E-state index in [1.54, 1.807) is 24.4 Å². The summed E-state index contributed by atoms with van der Waals surface area (Å²) in [7, 11) is 0. The Morgan fingerprint density at radius 2 is 2.17 bits per heavy atom. The highest BCUT2D eigenvalue weighted by Crippen LogP contribution is 2.30. The van der Waals surface area contributed by atoms with Gasteiger partial charge in [-0.05, 0) is 19.1 Å². The topological polar surface area (TPSA) is 86.8 Å². The number of amides is 1. The molecule has 3 rings (SSSR count). The van der Waals surface area contributed by atoms with Gasteiger partial charge >= 0.3 is 5.97 Å². The Bertz CT molecular complexity index is 746. The third kappa shape index (κ3) is 3.65. The Labute approximate surface area is 142 Å². The van der Waals surface area contributed by atoms with Crippen LogP contribution in [-0.4, -0.2) is 36.2 Å². The fraction of sp³-hybridized carbons (Fsp3) is 0.312. The van der Waals surface area contributed by atoms with Crippen molar-refractivity contribution in [2.75, 3.05) is 13.2 Å². The third-order valence-electron chi connectivity index (χ3n) is 3.25. The summed E-state index contributed by atoms with van der Waals surface area (Å²) in [6.45, 7) is 2.39. The first kappa shape index (κ1) is 16.3. The fourth-order valence-electron chi connectivity index (χ4n) is 2.12. The molecule has 0 unspecified atom stereocenters. The van der Waals surface area contributed by atoms with E-state index in [9.17, 15) is 9.59 Å². The summed E-state index contributed by atoms with van der Waals surface area (Å²) >= 11 is 1.28. The number of esters is 1. The fourth-order valence-corrected chi connectivity index (χ4v) is 2.82. The Hall–Kier alpha value is -2.61. The molecule has 0 saturated carbocycles. The molecule has 1 amide bonds. The second-order valence-corrected chi connectivity index (χ2v) is 5.87. The highest BCUT2D eigenvalue weighted by atomic mass is 32.1. The number of nitrogens with zero attached hydrogens (tertiary/aromatic N) is 1. The standard InChI is InChI=1S/C16H16N2O5S/c1-2-21-16(20)10-9-24-14(18-10)7-17-15(19)13-8-22-11-5-3-4-6-12(11)23-13/h3-6,9,13H,2,7-8H2,1H3,(H,17,19)/t13-/m0/s1. The zero-order valence-electron chi connectivity index (χ0n) is 13.0. The zero-order chi connectivity index (χ0) is 16.9. The van der Waals surface area contributed by atoms with Crippen molar-refractivity contribution in [1.82, 2.24) is 10.3 Å². The van der Waals surface area contributed by atoms with E-state index in [1.807, 2.05) is 12.1 Å². The number of aromatic nitrogens is 1. The number of rotatable bonds is 5. The van der Waals surface area contributed by atoms with Crippen LogP contribution in [0.3, 0.4) is 0 Å². The van der Waals surface area contributed by atoms with E-state index in [-0.39, 0.29) is 24.8 Å². The third-order valence-corrected chi connectivity index (χ3v) is 4.10. The molecule has 1 aromatic heterocycles. The van der Waals surface area contributed by atoms with Crippen molar-refractivity contribution in [3.8, 4) is 11.5 Å². The second-order valence-electron chi connectivity index (χ2n) is 4.93. The van der Waals surface area contributed by atoms with Gasteiger partial charge in [-0.15, -0.1) is 11.3 Å². The van der Waals surface area contributed by atoms with Crippen molar-refractivity contribution in [3.05, 3.63) is 40.3 Å². The summed E-state index contributed by atoms with van der Waals surface area (Å²) in [5, 5.41) is 4.96. The highest BCUT2D eigenvalue weighted by Gasteiger charge is 2.27. The van der Waals surface area contributed by atoms with Crippen molar-refractivity contribution in [3.63, 3.8) is 0 Å². The lowest BCUT2D eigenvalue weighted by Crippen LogP contribution is -2.43. The monoisotopic (exact) mass is 348 g/mol. The Balaban J connectivity index is 1.54. The lowest BCUT2D eigenvalue weighted by Gasteiger charge is -2.25. The average molecular weight is 348 g/mol. The number of para-hydroxylation sites is 2. The average Bonchev–Trinajstić information content (AvgIpc) is 3.08. The molecule has 0 radical (unpaired) electrons. The van der Waals surface area contributed by atoms with Gasteiger partial charge < -0.3 is 19.5 Å². The van der Waals surface area contributed by atoms with Crippen LogP contribution >= 0.6 is 11.3 Å². The van der Waals surface area contributed by atoms with Gasteiger partial charge in [-0.25, -0.2) is 9.78 Å². The maximum absolute atomic E-state index is 12.2. The number of nitrogens with one attached hydrogen (secondary N) is 1. The van der Waals surface area contributed by atoms with Gasteiger partial charge in [0.15, 0.2) is 17.2 Å². The van der Waals surface area contributed by atoms with Gasteiger partial charge in [0.1, 0.15) is 11.6 Å². The van der Waals surface area contributed by atoms with Crippen LogP contribution in [-0.2, 0) is 16.1 Å². The van der Waals surface area contributed by atoms with Crippen LogP contribution in [0.4, 0.5) is 0 Å². The van der Waals surface area contributed by atoms with E-state index in [1.165, 1.54) is 11.3 Å². The number of benzene rings is 1. The molecule has 126 valence electrons. The lowest BCUT2D eigenvalue weighted by molar-refractivity contribution is -0.130. The summed E-state index contributed by atoms with van der Waals surface area (Å²) in [4.78, 5) is 27.9. The largest absolute Gasteiger partial charge is 0.485 e. The molecule has 1 aliphatic rings. The van der Waals surface area contributed by atoms with E-state index in [0.717, 1.165) is 0 Å². The van der Waals surface area contributed by atoms with Crippen molar-refractivity contribution in [2.45, 2.75) is 19.6 Å². The van der Waals surface area contributed by atoms with E-state index in [2.05, 4.69) is 10.3 Å². The van der Waals surface area contributed by atoms with Gasteiger partial charge in [-0.3, -0.25) is 4.79 Å². The highest BCUT2D eigenvalue weighted by molar-refractivity contribution is 7.09. The van der Waals surface area contributed by atoms with Crippen LogP contribution in [0, 0.1) is 0 Å². The summed E-state index contributed by atoms with van der Waals surface area (Å²) in [5.41, 5.74) is 0.247. The molecule has 0 saturated heterocycles. The number of carbonyl (C=O) groups excluding carboxylic acids is 2. The van der Waals surface area contributed by atoms with Gasteiger partial charge in [-0.1, -0.05) is 12.1 Å².